The van der Waals surface area contributed by atoms with Crippen molar-refractivity contribution < 1.29 is 22.7 Å². The minimum absolute atomic E-state index is 0.00493. The van der Waals surface area contributed by atoms with E-state index in [2.05, 4.69) is 5.10 Å². The Morgan fingerprint density at radius 2 is 1.63 bits per heavy atom. The van der Waals surface area contributed by atoms with E-state index in [9.17, 15) is 13.2 Å². The van der Waals surface area contributed by atoms with Crippen LogP contribution in [0.1, 0.15) is 10.5 Å². The van der Waals surface area contributed by atoms with Crippen LogP contribution in [0.2, 0.25) is 15.1 Å². The lowest BCUT2D eigenvalue weighted by atomic mass is 10.1. The number of hydrogen-bond donors (Lipinski definition) is 1. The SMILES string of the molecule is COC(=O)c1nn(-c2ccc(S(N)(=O)=O)cc2)c(-c2cc(Cl)c(OC)c(Cl)c2)c1Cl. The number of aromatic nitrogens is 2. The molecule has 8 nitrogen and oxygen atoms in total. The smallest absolute Gasteiger partial charge is 0.360 e. The number of primary sulfonamides is 1. The molecular formula is C18H14Cl3N3O5S. The molecule has 3 rings (SSSR count). The van der Waals surface area contributed by atoms with Gasteiger partial charge in [-0.3, -0.25) is 0 Å². The van der Waals surface area contributed by atoms with Crippen molar-refractivity contribution in [2.45, 2.75) is 4.90 Å². The molecule has 30 heavy (non-hydrogen) atoms. The van der Waals surface area contributed by atoms with Crippen LogP contribution in [0.3, 0.4) is 0 Å². The highest BCUT2D eigenvalue weighted by Crippen LogP contribution is 2.41. The quantitative estimate of drug-likeness (QED) is 0.542. The van der Waals surface area contributed by atoms with Crippen LogP contribution in [-0.4, -0.2) is 38.4 Å². The first-order chi connectivity index (χ1) is 14.1. The summed E-state index contributed by atoms with van der Waals surface area (Å²) in [6.07, 6.45) is 0. The summed E-state index contributed by atoms with van der Waals surface area (Å²) in [6.45, 7) is 0. The molecule has 0 atom stereocenters. The molecule has 0 amide bonds. The topological polar surface area (TPSA) is 114 Å². The molecule has 0 saturated heterocycles. The number of nitrogens with two attached hydrogens (primary N) is 1. The molecular weight excluding hydrogens is 477 g/mol. The zero-order chi connectivity index (χ0) is 22.2. The molecule has 1 aromatic heterocycles. The number of hydrogen-bond acceptors (Lipinski definition) is 6. The molecule has 0 radical (unpaired) electrons. The van der Waals surface area contributed by atoms with Crippen LogP contribution in [0.25, 0.3) is 16.9 Å². The number of benzene rings is 2. The Balaban J connectivity index is 2.27. The van der Waals surface area contributed by atoms with Gasteiger partial charge in [-0.15, -0.1) is 0 Å². The number of nitrogens with zero attached hydrogens (tertiary/aromatic N) is 2. The number of methoxy groups -OCH3 is 2. The van der Waals surface area contributed by atoms with Crippen LogP contribution >= 0.6 is 34.8 Å². The highest BCUT2D eigenvalue weighted by atomic mass is 35.5. The van der Waals surface area contributed by atoms with Crippen LogP contribution in [0.5, 0.6) is 5.75 Å². The molecule has 2 aromatic carbocycles. The van der Waals surface area contributed by atoms with Gasteiger partial charge in [0.25, 0.3) is 0 Å². The molecule has 0 aliphatic rings. The van der Waals surface area contributed by atoms with Crippen LogP contribution in [0, 0.1) is 0 Å². The number of rotatable bonds is 5. The van der Waals surface area contributed by atoms with E-state index in [0.717, 1.165) is 0 Å². The lowest BCUT2D eigenvalue weighted by Gasteiger charge is -2.12. The van der Waals surface area contributed by atoms with Crippen LogP contribution in [-0.2, 0) is 14.8 Å². The first-order valence-electron chi connectivity index (χ1n) is 8.12. The summed E-state index contributed by atoms with van der Waals surface area (Å²) >= 11 is 18.9. The zero-order valence-corrected chi connectivity index (χ0v) is 18.6. The largest absolute Gasteiger partial charge is 0.494 e. The number of esters is 1. The van der Waals surface area contributed by atoms with Crippen LogP contribution in [0.15, 0.2) is 41.3 Å². The molecule has 0 aliphatic heterocycles. The van der Waals surface area contributed by atoms with Crippen molar-refractivity contribution in [2.75, 3.05) is 14.2 Å². The number of sulfonamides is 1. The first kappa shape index (κ1) is 22.4. The monoisotopic (exact) mass is 489 g/mol. The first-order valence-corrected chi connectivity index (χ1v) is 10.8. The maximum atomic E-state index is 12.1. The third kappa shape index (κ3) is 4.12. The van der Waals surface area contributed by atoms with Gasteiger partial charge in [-0.2, -0.15) is 5.10 Å². The van der Waals surface area contributed by atoms with Gasteiger partial charge in [0.05, 0.1) is 40.5 Å². The Hall–Kier alpha value is -2.30. The van der Waals surface area contributed by atoms with E-state index in [1.54, 1.807) is 12.1 Å². The number of carbonyl (C=O) groups is 1. The molecule has 12 heteroatoms. The summed E-state index contributed by atoms with van der Waals surface area (Å²) in [5.41, 5.74) is 0.978. The van der Waals surface area contributed by atoms with Gasteiger partial charge in [0, 0.05) is 5.56 Å². The van der Waals surface area contributed by atoms with E-state index in [1.807, 2.05) is 0 Å². The van der Waals surface area contributed by atoms with Gasteiger partial charge < -0.3 is 9.47 Å². The third-order valence-electron chi connectivity index (χ3n) is 4.09. The minimum atomic E-state index is -3.88. The molecule has 0 spiro atoms. The van der Waals surface area contributed by atoms with E-state index in [4.69, 9.17) is 49.4 Å². The molecule has 0 saturated carbocycles. The van der Waals surface area contributed by atoms with Crippen molar-refractivity contribution in [3.05, 3.63) is 57.2 Å². The second-order valence-corrected chi connectivity index (χ2v) is 8.68. The van der Waals surface area contributed by atoms with E-state index in [1.165, 1.54) is 43.2 Å². The molecule has 3 aromatic rings. The van der Waals surface area contributed by atoms with E-state index >= 15 is 0 Å². The van der Waals surface area contributed by atoms with E-state index < -0.39 is 16.0 Å². The minimum Gasteiger partial charge on any atom is -0.494 e. The second kappa shape index (κ2) is 8.44. The fourth-order valence-corrected chi connectivity index (χ4v) is 4.19. The zero-order valence-electron chi connectivity index (χ0n) is 15.5. The van der Waals surface area contributed by atoms with Crippen molar-refractivity contribution >= 4 is 50.8 Å². The Kier molecular flexibility index (Phi) is 6.30. The highest BCUT2D eigenvalue weighted by Gasteiger charge is 2.25. The summed E-state index contributed by atoms with van der Waals surface area (Å²) in [6, 6.07) is 8.61. The highest BCUT2D eigenvalue weighted by molar-refractivity contribution is 7.89. The van der Waals surface area contributed by atoms with Gasteiger partial charge in [-0.25, -0.2) is 23.0 Å². The van der Waals surface area contributed by atoms with Gasteiger partial charge in [-0.1, -0.05) is 34.8 Å². The number of ether oxygens (including phenoxy) is 2. The molecule has 158 valence electrons. The van der Waals surface area contributed by atoms with Crippen molar-refractivity contribution in [3.63, 3.8) is 0 Å². The third-order valence-corrected chi connectivity index (χ3v) is 5.94. The Morgan fingerprint density at radius 1 is 1.07 bits per heavy atom. The van der Waals surface area contributed by atoms with Gasteiger partial charge in [0.2, 0.25) is 10.0 Å². The molecule has 0 fully saturated rings. The molecule has 0 unspecified atom stereocenters. The molecule has 1 heterocycles. The average Bonchev–Trinajstić information content (AvgIpc) is 3.03. The lowest BCUT2D eigenvalue weighted by molar-refractivity contribution is 0.0593. The normalized spacial score (nSPS) is 11.4. The molecule has 0 bridgehead atoms. The fraction of sp³-hybridized carbons (Fsp3) is 0.111. The summed E-state index contributed by atoms with van der Waals surface area (Å²) in [5, 5.41) is 9.80. The molecule has 2 N–H and O–H groups in total. The second-order valence-electron chi connectivity index (χ2n) is 5.93. The maximum Gasteiger partial charge on any atom is 0.360 e. The van der Waals surface area contributed by atoms with Crippen molar-refractivity contribution in [1.29, 1.82) is 0 Å². The Labute approximate surface area is 187 Å². The van der Waals surface area contributed by atoms with Crippen molar-refractivity contribution in [1.82, 2.24) is 9.78 Å². The van der Waals surface area contributed by atoms with Crippen molar-refractivity contribution in [2.24, 2.45) is 5.14 Å². The van der Waals surface area contributed by atoms with Gasteiger partial charge >= 0.3 is 5.97 Å². The average molecular weight is 491 g/mol. The number of carbonyl (C=O) groups excluding carboxylic acids is 1. The van der Waals surface area contributed by atoms with E-state index in [-0.39, 0.29) is 37.1 Å². The fourth-order valence-electron chi connectivity index (χ4n) is 2.73. The maximum absolute atomic E-state index is 12.1. The summed E-state index contributed by atoms with van der Waals surface area (Å²) in [5.74, 6) is -0.484. The predicted octanol–water partition coefficient (Wildman–Crippen LogP) is 3.94. The number of halogens is 3. The van der Waals surface area contributed by atoms with Crippen molar-refractivity contribution in [3.8, 4) is 22.7 Å². The van der Waals surface area contributed by atoms with E-state index in [0.29, 0.717) is 11.3 Å². The van der Waals surface area contributed by atoms with Gasteiger partial charge in [0.1, 0.15) is 5.02 Å². The summed E-state index contributed by atoms with van der Waals surface area (Å²) in [4.78, 5) is 12.0. The van der Waals surface area contributed by atoms with Crippen LogP contribution < -0.4 is 9.88 Å². The molecule has 0 aliphatic carbocycles. The predicted molar refractivity (Wildman–Crippen MR) is 113 cm³/mol. The van der Waals surface area contributed by atoms with Gasteiger partial charge in [0.15, 0.2) is 11.4 Å². The Bertz CT molecular complexity index is 1220. The standard InChI is InChI=1S/C18H14Cl3N3O5S/c1-28-17-12(19)7-9(8-13(17)20)16-14(21)15(18(25)29-2)23-24(16)10-3-5-11(6-4-10)30(22,26)27/h3-8H,1-2H3,(H2,22,26,27). The summed E-state index contributed by atoms with van der Waals surface area (Å²) < 4.78 is 34.3. The van der Waals surface area contributed by atoms with Gasteiger partial charge in [-0.05, 0) is 36.4 Å². The lowest BCUT2D eigenvalue weighted by Crippen LogP contribution is -2.12. The Morgan fingerprint density at radius 3 is 2.10 bits per heavy atom. The summed E-state index contributed by atoms with van der Waals surface area (Å²) in [7, 11) is -1.27. The van der Waals surface area contributed by atoms with Crippen LogP contribution in [0.4, 0.5) is 0 Å².